The van der Waals surface area contributed by atoms with Crippen LogP contribution in [0.5, 0.6) is 0 Å². The van der Waals surface area contributed by atoms with Crippen LogP contribution in [-0.2, 0) is 4.79 Å². The van der Waals surface area contributed by atoms with Crippen LogP contribution in [0.4, 0.5) is 0 Å². The second kappa shape index (κ2) is 2.24. The number of fused-ring (bicyclic) bond motifs is 2. The van der Waals surface area contributed by atoms with Gasteiger partial charge in [0.25, 0.3) is 0 Å². The lowest BCUT2D eigenvalue weighted by atomic mass is 9.45. The highest BCUT2D eigenvalue weighted by molar-refractivity contribution is 5.71. The molecule has 0 amide bonds. The molecule has 0 saturated heterocycles. The first-order valence-corrected chi connectivity index (χ1v) is 4.76. The first kappa shape index (κ1) is 8.09. The maximum absolute atomic E-state index is 10.9. The van der Waals surface area contributed by atoms with E-state index in [9.17, 15) is 4.79 Å². The molecule has 68 valence electrons. The van der Waals surface area contributed by atoms with Gasteiger partial charge in [-0.1, -0.05) is 13.8 Å². The molecule has 0 radical (unpaired) electrons. The highest BCUT2D eigenvalue weighted by atomic mass is 16.4. The lowest BCUT2D eigenvalue weighted by molar-refractivity contribution is -0.164. The van der Waals surface area contributed by atoms with Gasteiger partial charge in [-0.3, -0.25) is 4.79 Å². The molecule has 3 rings (SSSR count). The molecule has 0 aromatic heterocycles. The topological polar surface area (TPSA) is 37.3 Å². The Morgan fingerprint density at radius 1 is 1.42 bits per heavy atom. The predicted molar refractivity (Wildman–Crippen MR) is 45.7 cm³/mol. The van der Waals surface area contributed by atoms with Gasteiger partial charge in [-0.15, -0.1) is 0 Å². The summed E-state index contributed by atoms with van der Waals surface area (Å²) in [5.41, 5.74) is 0.307. The van der Waals surface area contributed by atoms with Crippen molar-refractivity contribution in [3.63, 3.8) is 0 Å². The zero-order valence-corrected chi connectivity index (χ0v) is 7.71. The van der Waals surface area contributed by atoms with E-state index in [2.05, 4.69) is 13.8 Å². The molecule has 3 aliphatic carbocycles. The van der Waals surface area contributed by atoms with Crippen LogP contribution in [0.3, 0.4) is 0 Å². The molecule has 0 spiro atoms. The Bertz CT molecular complexity index is 218. The molecule has 0 heterocycles. The predicted octanol–water partition coefficient (Wildman–Crippen LogP) is 2.14. The van der Waals surface area contributed by atoms with E-state index >= 15 is 0 Å². The maximum Gasteiger partial charge on any atom is 0.306 e. The molecular weight excluding hydrogens is 152 g/mol. The van der Waals surface area contributed by atoms with E-state index in [0.717, 1.165) is 25.2 Å². The summed E-state index contributed by atoms with van der Waals surface area (Å²) in [6.45, 7) is 4.45. The van der Waals surface area contributed by atoms with E-state index in [0.29, 0.717) is 11.3 Å². The van der Waals surface area contributed by atoms with Crippen molar-refractivity contribution in [3.8, 4) is 0 Å². The van der Waals surface area contributed by atoms with Crippen molar-refractivity contribution in [1.29, 1.82) is 0 Å². The molecule has 12 heavy (non-hydrogen) atoms. The second-order valence-electron chi connectivity index (χ2n) is 4.88. The highest BCUT2D eigenvalue weighted by Crippen LogP contribution is 2.61. The molecule has 3 atom stereocenters. The molecule has 0 aromatic carbocycles. The molecule has 2 bridgehead atoms. The molecule has 2 nitrogen and oxygen atoms in total. The molecule has 0 aromatic rings. The second-order valence-corrected chi connectivity index (χ2v) is 4.88. The zero-order valence-electron chi connectivity index (χ0n) is 7.71. The average Bonchev–Trinajstić information content (AvgIpc) is 2.04. The minimum Gasteiger partial charge on any atom is -0.481 e. The van der Waals surface area contributed by atoms with Gasteiger partial charge in [0.05, 0.1) is 5.92 Å². The first-order chi connectivity index (χ1) is 5.53. The van der Waals surface area contributed by atoms with Crippen molar-refractivity contribution in [2.75, 3.05) is 0 Å². The molecule has 2 unspecified atom stereocenters. The van der Waals surface area contributed by atoms with Crippen molar-refractivity contribution in [2.45, 2.75) is 33.1 Å². The van der Waals surface area contributed by atoms with E-state index in [1.54, 1.807) is 0 Å². The summed E-state index contributed by atoms with van der Waals surface area (Å²) < 4.78 is 0. The summed E-state index contributed by atoms with van der Waals surface area (Å²) in [7, 11) is 0. The summed E-state index contributed by atoms with van der Waals surface area (Å²) in [5.74, 6) is 0.628. The number of hydrogen-bond acceptors (Lipinski definition) is 1. The quantitative estimate of drug-likeness (QED) is 0.651. The lowest BCUT2D eigenvalue weighted by Crippen LogP contribution is -2.54. The van der Waals surface area contributed by atoms with Crippen molar-refractivity contribution in [1.82, 2.24) is 0 Å². The highest BCUT2D eigenvalue weighted by Gasteiger charge is 2.56. The number of aliphatic carboxylic acids is 1. The Kier molecular flexibility index (Phi) is 1.51. The number of rotatable bonds is 1. The Hall–Kier alpha value is -0.530. The van der Waals surface area contributed by atoms with Crippen molar-refractivity contribution in [2.24, 2.45) is 23.2 Å². The molecule has 3 fully saturated rings. The van der Waals surface area contributed by atoms with Crippen molar-refractivity contribution >= 4 is 5.97 Å². The number of carbonyl (C=O) groups is 1. The van der Waals surface area contributed by atoms with E-state index in [1.165, 1.54) is 0 Å². The zero-order chi connectivity index (χ0) is 8.93. The Morgan fingerprint density at radius 2 is 2.08 bits per heavy atom. The molecule has 2 heteroatoms. The van der Waals surface area contributed by atoms with Crippen LogP contribution >= 0.6 is 0 Å². The van der Waals surface area contributed by atoms with Crippen LogP contribution in [0.15, 0.2) is 0 Å². The molecule has 0 aliphatic heterocycles. The molecular formula is C10H16O2. The number of hydrogen-bond donors (Lipinski definition) is 1. The monoisotopic (exact) mass is 168 g/mol. The van der Waals surface area contributed by atoms with Gasteiger partial charge in [0.15, 0.2) is 0 Å². The fourth-order valence-electron chi connectivity index (χ4n) is 3.11. The van der Waals surface area contributed by atoms with Crippen LogP contribution in [0.2, 0.25) is 0 Å². The fourth-order valence-corrected chi connectivity index (χ4v) is 3.11. The minimum absolute atomic E-state index is 0.0509. The third-order valence-electron chi connectivity index (χ3n) is 4.18. The number of carboxylic acids is 1. The van der Waals surface area contributed by atoms with Gasteiger partial charge in [0.2, 0.25) is 0 Å². The maximum atomic E-state index is 10.9. The van der Waals surface area contributed by atoms with Gasteiger partial charge in [-0.05, 0) is 36.5 Å². The van der Waals surface area contributed by atoms with E-state index < -0.39 is 5.97 Å². The van der Waals surface area contributed by atoms with Crippen LogP contribution in [0.25, 0.3) is 0 Å². The van der Waals surface area contributed by atoms with Crippen LogP contribution < -0.4 is 0 Å². The Balaban J connectivity index is 2.16. The van der Waals surface area contributed by atoms with Gasteiger partial charge < -0.3 is 5.11 Å². The lowest BCUT2D eigenvalue weighted by Gasteiger charge is -2.59. The summed E-state index contributed by atoms with van der Waals surface area (Å²) >= 11 is 0. The van der Waals surface area contributed by atoms with Crippen LogP contribution in [-0.4, -0.2) is 11.1 Å². The van der Waals surface area contributed by atoms with Gasteiger partial charge in [0.1, 0.15) is 0 Å². The van der Waals surface area contributed by atoms with Crippen molar-refractivity contribution < 1.29 is 9.90 Å². The van der Waals surface area contributed by atoms with Crippen molar-refractivity contribution in [3.05, 3.63) is 0 Å². The molecule has 3 aliphatic rings. The fraction of sp³-hybridized carbons (Fsp3) is 0.900. The first-order valence-electron chi connectivity index (χ1n) is 4.76. The average molecular weight is 168 g/mol. The third-order valence-corrected chi connectivity index (χ3v) is 4.18. The Morgan fingerprint density at radius 3 is 2.42 bits per heavy atom. The van der Waals surface area contributed by atoms with E-state index in [4.69, 9.17) is 5.11 Å². The SMILES string of the molecule is CC1(C)C2CC[C@H](C(=O)O)C1C2. The van der Waals surface area contributed by atoms with Gasteiger partial charge in [0, 0.05) is 0 Å². The minimum atomic E-state index is -0.578. The smallest absolute Gasteiger partial charge is 0.306 e. The van der Waals surface area contributed by atoms with Crippen LogP contribution in [0, 0.1) is 23.2 Å². The van der Waals surface area contributed by atoms with E-state index in [1.807, 2.05) is 0 Å². The summed E-state index contributed by atoms with van der Waals surface area (Å²) in [4.78, 5) is 10.9. The van der Waals surface area contributed by atoms with Gasteiger partial charge in [-0.25, -0.2) is 0 Å². The van der Waals surface area contributed by atoms with Gasteiger partial charge in [-0.2, -0.15) is 0 Å². The summed E-state index contributed by atoms with van der Waals surface area (Å²) in [5, 5.41) is 8.97. The normalized spacial score (nSPS) is 43.3. The summed E-state index contributed by atoms with van der Waals surface area (Å²) in [6, 6.07) is 0. The standard InChI is InChI=1S/C10H16O2/c1-10(2)6-3-4-7(9(11)12)8(10)5-6/h6-8H,3-5H2,1-2H3,(H,11,12)/t6?,7-,8?/m0/s1. The molecule has 1 N–H and O–H groups in total. The largest absolute Gasteiger partial charge is 0.481 e. The van der Waals surface area contributed by atoms with Gasteiger partial charge >= 0.3 is 5.97 Å². The summed E-state index contributed by atoms with van der Waals surface area (Å²) in [6.07, 6.45) is 3.19. The third kappa shape index (κ3) is 0.838. The Labute approximate surface area is 73.0 Å². The number of carboxylic acid groups (broad SMARTS) is 1. The molecule has 3 saturated carbocycles. The van der Waals surface area contributed by atoms with Crippen LogP contribution in [0.1, 0.15) is 33.1 Å². The van der Waals surface area contributed by atoms with E-state index in [-0.39, 0.29) is 5.92 Å².